The fourth-order valence-electron chi connectivity index (χ4n) is 2.60. The second kappa shape index (κ2) is 4.94. The molecule has 3 fully saturated rings. The van der Waals surface area contributed by atoms with Crippen LogP contribution in [-0.4, -0.2) is 49.1 Å². The van der Waals surface area contributed by atoms with Crippen molar-refractivity contribution in [3.05, 3.63) is 0 Å². The minimum absolute atomic E-state index is 0.168. The molecule has 96 valence electrons. The summed E-state index contributed by atoms with van der Waals surface area (Å²) < 4.78 is 0. The van der Waals surface area contributed by atoms with Crippen molar-refractivity contribution in [3.8, 4) is 0 Å². The molecule has 0 aromatic heterocycles. The van der Waals surface area contributed by atoms with Crippen LogP contribution in [0.5, 0.6) is 0 Å². The van der Waals surface area contributed by atoms with Crippen LogP contribution >= 0.6 is 0 Å². The molecular weight excluding hydrogens is 214 g/mol. The van der Waals surface area contributed by atoms with Crippen LogP contribution in [0.25, 0.3) is 0 Å². The van der Waals surface area contributed by atoms with Crippen molar-refractivity contribution in [3.63, 3.8) is 0 Å². The van der Waals surface area contributed by atoms with E-state index >= 15 is 0 Å². The molecule has 0 spiro atoms. The Morgan fingerprint density at radius 1 is 1.18 bits per heavy atom. The number of carbonyl (C=O) groups excluding carboxylic acids is 1. The molecule has 4 nitrogen and oxygen atoms in total. The second-order valence-corrected chi connectivity index (χ2v) is 5.84. The maximum Gasteiger partial charge on any atom is 0.233 e. The molecule has 0 bridgehead atoms. The van der Waals surface area contributed by atoms with Gasteiger partial charge in [-0.15, -0.1) is 0 Å². The lowest BCUT2D eigenvalue weighted by molar-refractivity contribution is -0.120. The number of likely N-dealkylation sites (tertiary alicyclic amines) is 1. The van der Waals surface area contributed by atoms with Crippen LogP contribution in [0.4, 0.5) is 0 Å². The van der Waals surface area contributed by atoms with Gasteiger partial charge in [-0.25, -0.2) is 0 Å². The Labute approximate surface area is 103 Å². The van der Waals surface area contributed by atoms with Crippen LogP contribution in [-0.2, 0) is 4.79 Å². The fraction of sp³-hybridized carbons (Fsp3) is 0.923. The Morgan fingerprint density at radius 3 is 2.71 bits per heavy atom. The van der Waals surface area contributed by atoms with Gasteiger partial charge < -0.3 is 10.6 Å². The zero-order valence-electron chi connectivity index (χ0n) is 10.5. The van der Waals surface area contributed by atoms with Crippen molar-refractivity contribution >= 4 is 5.91 Å². The van der Waals surface area contributed by atoms with Gasteiger partial charge >= 0.3 is 0 Å². The molecule has 1 atom stereocenters. The third kappa shape index (κ3) is 3.42. The first-order valence-electron chi connectivity index (χ1n) is 7.05. The largest absolute Gasteiger partial charge is 0.355 e. The molecule has 1 heterocycles. The summed E-state index contributed by atoms with van der Waals surface area (Å²) in [4.78, 5) is 14.1. The molecular formula is C13H23N3O. The molecule has 3 rings (SSSR count). The molecule has 3 aliphatic rings. The molecule has 2 N–H and O–H groups in total. The van der Waals surface area contributed by atoms with Crippen molar-refractivity contribution in [1.82, 2.24) is 15.5 Å². The van der Waals surface area contributed by atoms with Crippen molar-refractivity contribution in [1.29, 1.82) is 0 Å². The van der Waals surface area contributed by atoms with E-state index in [4.69, 9.17) is 0 Å². The number of carbonyl (C=O) groups is 1. The standard InChI is InChI=1S/C13H23N3O/c17-13(15-7-10-1-2-10)8-14-11-5-6-16(9-11)12-3-4-12/h10-12,14H,1-9H2,(H,15,17). The second-order valence-electron chi connectivity index (χ2n) is 5.84. The zero-order chi connectivity index (χ0) is 11.7. The van der Waals surface area contributed by atoms with Gasteiger partial charge in [0.25, 0.3) is 0 Å². The third-order valence-corrected chi connectivity index (χ3v) is 4.12. The molecule has 2 aliphatic carbocycles. The van der Waals surface area contributed by atoms with E-state index in [0.29, 0.717) is 12.6 Å². The first kappa shape index (κ1) is 11.5. The maximum absolute atomic E-state index is 11.6. The van der Waals surface area contributed by atoms with E-state index in [1.807, 2.05) is 0 Å². The summed E-state index contributed by atoms with van der Waals surface area (Å²) in [5, 5.41) is 6.38. The van der Waals surface area contributed by atoms with Crippen molar-refractivity contribution in [2.45, 2.75) is 44.2 Å². The minimum Gasteiger partial charge on any atom is -0.355 e. The van der Waals surface area contributed by atoms with Gasteiger partial charge in [0.05, 0.1) is 6.54 Å². The maximum atomic E-state index is 11.6. The van der Waals surface area contributed by atoms with Gasteiger partial charge in [0, 0.05) is 31.7 Å². The molecule has 4 heteroatoms. The molecule has 0 aromatic carbocycles. The van der Waals surface area contributed by atoms with Gasteiger partial charge in [-0.1, -0.05) is 0 Å². The predicted octanol–water partition coefficient (Wildman–Crippen LogP) is 0.339. The monoisotopic (exact) mass is 237 g/mol. The quantitative estimate of drug-likeness (QED) is 0.700. The summed E-state index contributed by atoms with van der Waals surface area (Å²) in [5.74, 6) is 0.942. The van der Waals surface area contributed by atoms with E-state index in [1.54, 1.807) is 0 Å². The molecule has 1 saturated heterocycles. The predicted molar refractivity (Wildman–Crippen MR) is 66.7 cm³/mol. The van der Waals surface area contributed by atoms with Gasteiger partial charge in [0.1, 0.15) is 0 Å². The van der Waals surface area contributed by atoms with Crippen LogP contribution < -0.4 is 10.6 Å². The van der Waals surface area contributed by atoms with Gasteiger partial charge in [0.2, 0.25) is 5.91 Å². The van der Waals surface area contributed by atoms with E-state index < -0.39 is 0 Å². The van der Waals surface area contributed by atoms with Gasteiger partial charge in [0.15, 0.2) is 0 Å². The van der Waals surface area contributed by atoms with Crippen LogP contribution in [0.1, 0.15) is 32.1 Å². The Hall–Kier alpha value is -0.610. The van der Waals surface area contributed by atoms with Crippen LogP contribution in [0.15, 0.2) is 0 Å². The molecule has 17 heavy (non-hydrogen) atoms. The highest BCUT2D eigenvalue weighted by Crippen LogP contribution is 2.29. The lowest BCUT2D eigenvalue weighted by Gasteiger charge is -2.15. The number of rotatable bonds is 6. The molecule has 1 unspecified atom stereocenters. The molecule has 2 saturated carbocycles. The van der Waals surface area contributed by atoms with E-state index in [2.05, 4.69) is 15.5 Å². The molecule has 1 amide bonds. The SMILES string of the molecule is O=C(CNC1CCN(C2CC2)C1)NCC1CC1. The van der Waals surface area contributed by atoms with E-state index in [9.17, 15) is 4.79 Å². The molecule has 1 aliphatic heterocycles. The zero-order valence-corrected chi connectivity index (χ0v) is 10.5. The van der Waals surface area contributed by atoms with E-state index in [1.165, 1.54) is 38.6 Å². The molecule has 0 aromatic rings. The number of hydrogen-bond donors (Lipinski definition) is 2. The average molecular weight is 237 g/mol. The van der Waals surface area contributed by atoms with E-state index in [-0.39, 0.29) is 5.91 Å². The summed E-state index contributed by atoms with van der Waals surface area (Å²) >= 11 is 0. The van der Waals surface area contributed by atoms with Gasteiger partial charge in [-0.3, -0.25) is 9.69 Å². The van der Waals surface area contributed by atoms with Crippen molar-refractivity contribution in [2.24, 2.45) is 5.92 Å². The minimum atomic E-state index is 0.168. The lowest BCUT2D eigenvalue weighted by atomic mass is 10.2. The summed E-state index contributed by atoms with van der Waals surface area (Å²) in [5.41, 5.74) is 0. The molecule has 0 radical (unpaired) electrons. The Morgan fingerprint density at radius 2 is 2.00 bits per heavy atom. The van der Waals surface area contributed by atoms with Gasteiger partial charge in [-0.05, 0) is 38.0 Å². The average Bonchev–Trinajstić information content (AvgIpc) is 3.24. The van der Waals surface area contributed by atoms with Crippen LogP contribution in [0.2, 0.25) is 0 Å². The number of nitrogens with zero attached hydrogens (tertiary/aromatic N) is 1. The van der Waals surface area contributed by atoms with Crippen molar-refractivity contribution in [2.75, 3.05) is 26.2 Å². The van der Waals surface area contributed by atoms with Crippen LogP contribution in [0.3, 0.4) is 0 Å². The lowest BCUT2D eigenvalue weighted by Crippen LogP contribution is -2.41. The smallest absolute Gasteiger partial charge is 0.233 e. The van der Waals surface area contributed by atoms with Gasteiger partial charge in [-0.2, -0.15) is 0 Å². The van der Waals surface area contributed by atoms with E-state index in [0.717, 1.165) is 25.0 Å². The summed E-state index contributed by atoms with van der Waals surface area (Å²) in [7, 11) is 0. The van der Waals surface area contributed by atoms with Crippen LogP contribution in [0, 0.1) is 5.92 Å². The summed E-state index contributed by atoms with van der Waals surface area (Å²) in [6.07, 6.45) is 6.56. The highest BCUT2D eigenvalue weighted by molar-refractivity contribution is 5.78. The Kier molecular flexibility index (Phi) is 3.34. The highest BCUT2D eigenvalue weighted by atomic mass is 16.1. The normalized spacial score (nSPS) is 29.5. The fourth-order valence-corrected chi connectivity index (χ4v) is 2.60. The number of amides is 1. The number of hydrogen-bond acceptors (Lipinski definition) is 3. The summed E-state index contributed by atoms with van der Waals surface area (Å²) in [6, 6.07) is 1.40. The first-order chi connectivity index (χ1) is 8.31. The number of nitrogens with one attached hydrogen (secondary N) is 2. The van der Waals surface area contributed by atoms with Crippen molar-refractivity contribution < 1.29 is 4.79 Å². The summed E-state index contributed by atoms with van der Waals surface area (Å²) in [6.45, 7) is 3.74. The topological polar surface area (TPSA) is 44.4 Å². The Balaban J connectivity index is 1.29. The highest BCUT2D eigenvalue weighted by Gasteiger charge is 2.34. The third-order valence-electron chi connectivity index (χ3n) is 4.12. The first-order valence-corrected chi connectivity index (χ1v) is 7.05. The Bertz CT molecular complexity index is 286.